The van der Waals surface area contributed by atoms with Gasteiger partial charge in [-0.3, -0.25) is 0 Å². The highest BCUT2D eigenvalue weighted by Gasteiger charge is 2.23. The molecule has 0 fully saturated rings. The van der Waals surface area contributed by atoms with Crippen molar-refractivity contribution in [3.63, 3.8) is 0 Å². The zero-order valence-corrected chi connectivity index (χ0v) is 9.64. The number of hydrogen-bond acceptors (Lipinski definition) is 5. The van der Waals surface area contributed by atoms with E-state index in [-0.39, 0.29) is 16.9 Å². The second-order valence-electron chi connectivity index (χ2n) is 3.05. The lowest BCUT2D eigenvalue weighted by Crippen LogP contribution is -2.12. The molecule has 1 aromatic carbocycles. The van der Waals surface area contributed by atoms with E-state index in [4.69, 9.17) is 14.6 Å². The van der Waals surface area contributed by atoms with Crippen molar-refractivity contribution in [3.05, 3.63) is 23.3 Å². The van der Waals surface area contributed by atoms with Crippen LogP contribution in [0.5, 0.6) is 11.5 Å². The smallest absolute Gasteiger partial charge is 0.340 e. The SMILES string of the molecule is COC(=O)c1cc(OC)cc(OC)c1C(=O)O. The molecule has 1 rings (SSSR count). The van der Waals surface area contributed by atoms with Crippen molar-refractivity contribution in [1.29, 1.82) is 0 Å². The number of esters is 1. The first kappa shape index (κ1) is 12.8. The number of rotatable bonds is 4. The minimum absolute atomic E-state index is 0.0391. The van der Waals surface area contributed by atoms with Crippen LogP contribution in [-0.4, -0.2) is 38.4 Å². The average Bonchev–Trinajstić information content (AvgIpc) is 2.35. The Bertz CT molecular complexity index is 452. The van der Waals surface area contributed by atoms with Crippen molar-refractivity contribution in [2.75, 3.05) is 21.3 Å². The van der Waals surface area contributed by atoms with E-state index in [9.17, 15) is 9.59 Å². The van der Waals surface area contributed by atoms with Gasteiger partial charge in [-0.15, -0.1) is 0 Å². The van der Waals surface area contributed by atoms with E-state index in [0.29, 0.717) is 5.75 Å². The summed E-state index contributed by atoms with van der Waals surface area (Å²) in [5, 5.41) is 9.06. The molecule has 0 radical (unpaired) electrons. The molecule has 0 aromatic heterocycles. The Morgan fingerprint density at radius 2 is 1.76 bits per heavy atom. The van der Waals surface area contributed by atoms with Gasteiger partial charge in [0, 0.05) is 6.07 Å². The molecule has 0 bridgehead atoms. The van der Waals surface area contributed by atoms with Crippen molar-refractivity contribution in [2.45, 2.75) is 0 Å². The molecule has 0 aliphatic heterocycles. The number of methoxy groups -OCH3 is 3. The molecule has 0 saturated heterocycles. The standard InChI is InChI=1S/C11H12O6/c1-15-6-4-7(11(14)17-3)9(10(12)13)8(5-6)16-2/h4-5H,1-3H3,(H,12,13). The fraction of sp³-hybridized carbons (Fsp3) is 0.273. The summed E-state index contributed by atoms with van der Waals surface area (Å²) in [6.07, 6.45) is 0. The second-order valence-corrected chi connectivity index (χ2v) is 3.05. The van der Waals surface area contributed by atoms with Gasteiger partial charge in [0.2, 0.25) is 0 Å². The van der Waals surface area contributed by atoms with Crippen LogP contribution < -0.4 is 9.47 Å². The molecule has 0 saturated carbocycles. The fourth-order valence-corrected chi connectivity index (χ4v) is 1.36. The van der Waals surface area contributed by atoms with Gasteiger partial charge < -0.3 is 19.3 Å². The van der Waals surface area contributed by atoms with Crippen LogP contribution in [0.2, 0.25) is 0 Å². The zero-order chi connectivity index (χ0) is 13.0. The molecule has 1 N–H and O–H groups in total. The molecule has 17 heavy (non-hydrogen) atoms. The normalized spacial score (nSPS) is 9.59. The maximum absolute atomic E-state index is 11.5. The first-order valence-corrected chi connectivity index (χ1v) is 4.62. The third-order valence-corrected chi connectivity index (χ3v) is 2.15. The third kappa shape index (κ3) is 2.47. The van der Waals surface area contributed by atoms with Crippen LogP contribution in [0.15, 0.2) is 12.1 Å². The number of ether oxygens (including phenoxy) is 3. The molecule has 0 aliphatic carbocycles. The second kappa shape index (κ2) is 5.20. The number of hydrogen-bond donors (Lipinski definition) is 1. The Morgan fingerprint density at radius 3 is 2.18 bits per heavy atom. The summed E-state index contributed by atoms with van der Waals surface area (Å²) in [6.45, 7) is 0. The molecule has 6 nitrogen and oxygen atoms in total. The van der Waals surface area contributed by atoms with Crippen LogP contribution in [0.25, 0.3) is 0 Å². The summed E-state index contributed by atoms with van der Waals surface area (Å²) in [5.41, 5.74) is -0.364. The van der Waals surface area contributed by atoms with Crippen molar-refractivity contribution in [3.8, 4) is 11.5 Å². The molecule has 92 valence electrons. The van der Waals surface area contributed by atoms with Gasteiger partial charge >= 0.3 is 11.9 Å². The number of carboxylic acids is 1. The molecule has 0 spiro atoms. The minimum atomic E-state index is -1.27. The number of carbonyl (C=O) groups excluding carboxylic acids is 1. The van der Waals surface area contributed by atoms with Crippen LogP contribution in [0.4, 0.5) is 0 Å². The van der Waals surface area contributed by atoms with Gasteiger partial charge in [-0.05, 0) is 6.07 Å². The Balaban J connectivity index is 3.51. The topological polar surface area (TPSA) is 82.1 Å². The number of carboxylic acid groups (broad SMARTS) is 1. The largest absolute Gasteiger partial charge is 0.497 e. The van der Waals surface area contributed by atoms with E-state index in [1.54, 1.807) is 0 Å². The fourth-order valence-electron chi connectivity index (χ4n) is 1.36. The lowest BCUT2D eigenvalue weighted by molar-refractivity contribution is 0.0580. The molecular formula is C11H12O6. The highest BCUT2D eigenvalue weighted by atomic mass is 16.5. The molecule has 0 aliphatic rings. The van der Waals surface area contributed by atoms with Gasteiger partial charge in [0.1, 0.15) is 17.1 Å². The molecule has 0 unspecified atom stereocenters. The van der Waals surface area contributed by atoms with Gasteiger partial charge in [-0.1, -0.05) is 0 Å². The summed E-state index contributed by atoms with van der Waals surface area (Å²) in [4.78, 5) is 22.6. The van der Waals surface area contributed by atoms with E-state index in [1.165, 1.54) is 33.5 Å². The van der Waals surface area contributed by atoms with Crippen molar-refractivity contribution in [1.82, 2.24) is 0 Å². The van der Waals surface area contributed by atoms with Crippen LogP contribution in [0.3, 0.4) is 0 Å². The van der Waals surface area contributed by atoms with Gasteiger partial charge in [0.15, 0.2) is 0 Å². The van der Waals surface area contributed by atoms with E-state index < -0.39 is 11.9 Å². The van der Waals surface area contributed by atoms with Crippen molar-refractivity contribution in [2.24, 2.45) is 0 Å². The summed E-state index contributed by atoms with van der Waals surface area (Å²) in [7, 11) is 3.87. The maximum atomic E-state index is 11.5. The minimum Gasteiger partial charge on any atom is -0.497 e. The predicted octanol–water partition coefficient (Wildman–Crippen LogP) is 1.19. The molecule has 0 heterocycles. The summed E-state index contributed by atoms with van der Waals surface area (Å²) in [5.74, 6) is -1.69. The van der Waals surface area contributed by atoms with Crippen molar-refractivity contribution >= 4 is 11.9 Å². The van der Waals surface area contributed by atoms with Gasteiger partial charge in [-0.2, -0.15) is 0 Å². The van der Waals surface area contributed by atoms with Crippen LogP contribution in [0.1, 0.15) is 20.7 Å². The molecule has 6 heteroatoms. The number of aromatic carboxylic acids is 1. The van der Waals surface area contributed by atoms with Crippen LogP contribution in [-0.2, 0) is 4.74 Å². The van der Waals surface area contributed by atoms with E-state index in [1.807, 2.05) is 0 Å². The van der Waals surface area contributed by atoms with E-state index in [2.05, 4.69) is 4.74 Å². The molecule has 1 aromatic rings. The maximum Gasteiger partial charge on any atom is 0.340 e. The quantitative estimate of drug-likeness (QED) is 0.796. The highest BCUT2D eigenvalue weighted by molar-refractivity contribution is 6.04. The lowest BCUT2D eigenvalue weighted by Gasteiger charge is -2.11. The number of benzene rings is 1. The van der Waals surface area contributed by atoms with Gasteiger partial charge in [0.05, 0.1) is 26.9 Å². The Morgan fingerprint density at radius 1 is 1.12 bits per heavy atom. The van der Waals surface area contributed by atoms with Gasteiger partial charge in [0.25, 0.3) is 0 Å². The Labute approximate surface area is 97.7 Å². The average molecular weight is 240 g/mol. The first-order valence-electron chi connectivity index (χ1n) is 4.62. The predicted molar refractivity (Wildman–Crippen MR) is 57.8 cm³/mol. The lowest BCUT2D eigenvalue weighted by atomic mass is 10.1. The van der Waals surface area contributed by atoms with Crippen LogP contribution >= 0.6 is 0 Å². The monoisotopic (exact) mass is 240 g/mol. The molecule has 0 atom stereocenters. The molecular weight excluding hydrogens is 228 g/mol. The van der Waals surface area contributed by atoms with Gasteiger partial charge in [-0.25, -0.2) is 9.59 Å². The Hall–Kier alpha value is -2.24. The van der Waals surface area contributed by atoms with Crippen molar-refractivity contribution < 1.29 is 28.9 Å². The molecule has 0 amide bonds. The summed E-state index contributed by atoms with van der Waals surface area (Å²) < 4.78 is 14.4. The third-order valence-electron chi connectivity index (χ3n) is 2.15. The Kier molecular flexibility index (Phi) is 3.92. The zero-order valence-electron chi connectivity index (χ0n) is 9.64. The highest BCUT2D eigenvalue weighted by Crippen LogP contribution is 2.29. The number of carbonyl (C=O) groups is 2. The van der Waals surface area contributed by atoms with E-state index in [0.717, 1.165) is 0 Å². The summed E-state index contributed by atoms with van der Waals surface area (Å²) >= 11 is 0. The first-order chi connectivity index (χ1) is 8.04. The van der Waals surface area contributed by atoms with Crippen LogP contribution in [0, 0.1) is 0 Å². The van der Waals surface area contributed by atoms with E-state index >= 15 is 0 Å². The summed E-state index contributed by atoms with van der Waals surface area (Å²) in [6, 6.07) is 2.67.